The average Bonchev–Trinajstić information content (AvgIpc) is 3.24. The van der Waals surface area contributed by atoms with E-state index in [-0.39, 0.29) is 17.9 Å². The third-order valence-corrected chi connectivity index (χ3v) is 3.65. The Labute approximate surface area is 133 Å². The molecule has 1 aromatic heterocycles. The van der Waals surface area contributed by atoms with Gasteiger partial charge in [0.25, 0.3) is 5.91 Å². The van der Waals surface area contributed by atoms with Gasteiger partial charge in [0.2, 0.25) is 0 Å². The van der Waals surface area contributed by atoms with Crippen LogP contribution in [-0.2, 0) is 6.54 Å². The van der Waals surface area contributed by atoms with Crippen molar-refractivity contribution in [3.8, 4) is 5.75 Å². The van der Waals surface area contributed by atoms with Crippen molar-refractivity contribution in [2.24, 2.45) is 5.92 Å². The van der Waals surface area contributed by atoms with E-state index in [9.17, 15) is 9.59 Å². The second kappa shape index (κ2) is 6.56. The van der Waals surface area contributed by atoms with Gasteiger partial charge >= 0.3 is 5.97 Å². The number of carboxylic acid groups (broad SMARTS) is 1. The number of hydrogen-bond donors (Lipinski definition) is 2. The summed E-state index contributed by atoms with van der Waals surface area (Å²) >= 11 is 0. The van der Waals surface area contributed by atoms with Crippen molar-refractivity contribution in [2.75, 3.05) is 6.61 Å². The molecule has 1 aliphatic rings. The molecule has 0 atom stereocenters. The fourth-order valence-electron chi connectivity index (χ4n) is 2.11. The first kappa shape index (κ1) is 15.1. The summed E-state index contributed by atoms with van der Waals surface area (Å²) in [6.45, 7) is 0.980. The summed E-state index contributed by atoms with van der Waals surface area (Å²) in [6.07, 6.45) is 3.47. The lowest BCUT2D eigenvalue weighted by Crippen LogP contribution is -2.22. The van der Waals surface area contributed by atoms with Crippen LogP contribution < -0.4 is 10.1 Å². The number of benzene rings is 1. The van der Waals surface area contributed by atoms with Gasteiger partial charge in [0.05, 0.1) is 12.2 Å². The van der Waals surface area contributed by atoms with Crippen LogP contribution in [0.4, 0.5) is 0 Å². The molecule has 0 bridgehead atoms. The van der Waals surface area contributed by atoms with Gasteiger partial charge in [0.1, 0.15) is 12.0 Å². The van der Waals surface area contributed by atoms with E-state index in [0.29, 0.717) is 12.5 Å². The Morgan fingerprint density at radius 3 is 2.78 bits per heavy atom. The van der Waals surface area contributed by atoms with Crippen LogP contribution in [0.1, 0.15) is 39.3 Å². The fourth-order valence-corrected chi connectivity index (χ4v) is 2.11. The van der Waals surface area contributed by atoms with Crippen molar-refractivity contribution in [3.63, 3.8) is 0 Å². The number of carboxylic acids is 1. The zero-order valence-corrected chi connectivity index (χ0v) is 12.5. The zero-order valence-electron chi connectivity index (χ0n) is 12.5. The van der Waals surface area contributed by atoms with E-state index in [1.165, 1.54) is 18.9 Å². The maximum absolute atomic E-state index is 12.0. The molecule has 6 heteroatoms. The summed E-state index contributed by atoms with van der Waals surface area (Å²) in [5, 5.41) is 11.5. The van der Waals surface area contributed by atoms with Crippen molar-refractivity contribution in [1.82, 2.24) is 5.32 Å². The highest BCUT2D eigenvalue weighted by atomic mass is 16.5. The summed E-state index contributed by atoms with van der Waals surface area (Å²) in [4.78, 5) is 22.8. The molecule has 23 heavy (non-hydrogen) atoms. The molecule has 1 aromatic carbocycles. The lowest BCUT2D eigenvalue weighted by atomic mass is 10.2. The predicted molar refractivity (Wildman–Crippen MR) is 81.5 cm³/mol. The topological polar surface area (TPSA) is 88.8 Å². The molecule has 1 aliphatic carbocycles. The van der Waals surface area contributed by atoms with Gasteiger partial charge in [-0.15, -0.1) is 0 Å². The molecule has 0 unspecified atom stereocenters. The third kappa shape index (κ3) is 3.91. The minimum absolute atomic E-state index is 0.0289. The van der Waals surface area contributed by atoms with Crippen LogP contribution in [0.25, 0.3) is 0 Å². The van der Waals surface area contributed by atoms with E-state index in [4.69, 9.17) is 14.3 Å². The van der Waals surface area contributed by atoms with Crippen LogP contribution in [0.5, 0.6) is 5.75 Å². The van der Waals surface area contributed by atoms with E-state index in [0.717, 1.165) is 17.6 Å². The number of carbonyl (C=O) groups excluding carboxylic acids is 1. The van der Waals surface area contributed by atoms with Gasteiger partial charge in [-0.05, 0) is 24.8 Å². The van der Waals surface area contributed by atoms with Crippen LogP contribution in [0, 0.1) is 5.92 Å². The molecule has 1 saturated carbocycles. The minimum atomic E-state index is -1.13. The number of nitrogens with one attached hydrogen (secondary N) is 1. The summed E-state index contributed by atoms with van der Waals surface area (Å²) in [5.41, 5.74) is 0.815. The summed E-state index contributed by atoms with van der Waals surface area (Å²) in [7, 11) is 0. The Bertz CT molecular complexity index is 717. The number of para-hydroxylation sites is 1. The highest BCUT2D eigenvalue weighted by Crippen LogP contribution is 2.30. The first-order valence-corrected chi connectivity index (χ1v) is 7.44. The number of ether oxygens (including phenoxy) is 1. The van der Waals surface area contributed by atoms with E-state index in [1.807, 2.05) is 24.3 Å². The molecule has 0 radical (unpaired) electrons. The summed E-state index contributed by atoms with van der Waals surface area (Å²) < 4.78 is 10.8. The van der Waals surface area contributed by atoms with Crippen molar-refractivity contribution < 1.29 is 23.8 Å². The van der Waals surface area contributed by atoms with Gasteiger partial charge in [0, 0.05) is 18.2 Å². The molecular formula is C17H17NO5. The number of carbonyl (C=O) groups is 2. The number of rotatable bonds is 7. The Balaban J connectivity index is 1.60. The molecule has 2 aromatic rings. The van der Waals surface area contributed by atoms with Crippen LogP contribution in [0.15, 0.2) is 41.0 Å². The summed E-state index contributed by atoms with van der Waals surface area (Å²) in [6, 6.07) is 8.72. The van der Waals surface area contributed by atoms with E-state index in [2.05, 4.69) is 5.32 Å². The molecule has 0 saturated heterocycles. The largest absolute Gasteiger partial charge is 0.493 e. The first-order chi connectivity index (χ1) is 11.1. The van der Waals surface area contributed by atoms with Crippen LogP contribution in [0.2, 0.25) is 0 Å². The second-order valence-electron chi connectivity index (χ2n) is 5.55. The molecule has 0 spiro atoms. The summed E-state index contributed by atoms with van der Waals surface area (Å²) in [5.74, 6) is -0.222. The van der Waals surface area contributed by atoms with Crippen molar-refractivity contribution >= 4 is 11.9 Å². The number of aromatic carboxylic acids is 1. The first-order valence-electron chi connectivity index (χ1n) is 7.44. The second-order valence-corrected chi connectivity index (χ2v) is 5.55. The molecule has 2 N–H and O–H groups in total. The molecule has 6 nitrogen and oxygen atoms in total. The van der Waals surface area contributed by atoms with Crippen molar-refractivity contribution in [1.29, 1.82) is 0 Å². The lowest BCUT2D eigenvalue weighted by Gasteiger charge is -2.11. The lowest BCUT2D eigenvalue weighted by molar-refractivity contribution is 0.0696. The van der Waals surface area contributed by atoms with Crippen LogP contribution >= 0.6 is 0 Å². The van der Waals surface area contributed by atoms with Gasteiger partial charge in [-0.3, -0.25) is 4.79 Å². The van der Waals surface area contributed by atoms with Gasteiger partial charge in [-0.1, -0.05) is 18.2 Å². The maximum Gasteiger partial charge on any atom is 0.338 e. The molecule has 1 fully saturated rings. The van der Waals surface area contributed by atoms with E-state index < -0.39 is 11.9 Å². The number of amides is 1. The smallest absolute Gasteiger partial charge is 0.338 e. The average molecular weight is 315 g/mol. The van der Waals surface area contributed by atoms with Crippen LogP contribution in [0.3, 0.4) is 0 Å². The molecule has 3 rings (SSSR count). The Morgan fingerprint density at radius 1 is 1.30 bits per heavy atom. The molecule has 0 aliphatic heterocycles. The standard InChI is InChI=1S/C17H17NO5/c19-16(15-7-13(10-23-15)17(20)21)18-8-12-3-1-2-4-14(12)22-9-11-5-6-11/h1-4,7,10-11H,5-6,8-9H2,(H,18,19)(H,20,21). The van der Waals surface area contributed by atoms with Crippen LogP contribution in [-0.4, -0.2) is 23.6 Å². The quantitative estimate of drug-likeness (QED) is 0.820. The molecule has 1 amide bonds. The fraction of sp³-hybridized carbons (Fsp3) is 0.294. The zero-order chi connectivity index (χ0) is 16.2. The van der Waals surface area contributed by atoms with Gasteiger partial charge in [-0.25, -0.2) is 4.79 Å². The highest BCUT2D eigenvalue weighted by Gasteiger charge is 2.22. The van der Waals surface area contributed by atoms with E-state index in [1.54, 1.807) is 0 Å². The molecule has 1 heterocycles. The highest BCUT2D eigenvalue weighted by molar-refractivity contribution is 5.95. The number of hydrogen-bond acceptors (Lipinski definition) is 4. The Kier molecular flexibility index (Phi) is 4.32. The van der Waals surface area contributed by atoms with Crippen molar-refractivity contribution in [3.05, 3.63) is 53.5 Å². The van der Waals surface area contributed by atoms with Gasteiger partial charge < -0.3 is 19.6 Å². The monoisotopic (exact) mass is 315 g/mol. The predicted octanol–water partition coefficient (Wildman–Crippen LogP) is 2.70. The third-order valence-electron chi connectivity index (χ3n) is 3.65. The van der Waals surface area contributed by atoms with Crippen molar-refractivity contribution in [2.45, 2.75) is 19.4 Å². The molecule has 120 valence electrons. The van der Waals surface area contributed by atoms with Gasteiger partial charge in [-0.2, -0.15) is 0 Å². The molecular weight excluding hydrogens is 298 g/mol. The van der Waals surface area contributed by atoms with Gasteiger partial charge in [0.15, 0.2) is 5.76 Å². The maximum atomic E-state index is 12.0. The van der Waals surface area contributed by atoms with E-state index >= 15 is 0 Å². The Morgan fingerprint density at radius 2 is 2.09 bits per heavy atom. The SMILES string of the molecule is O=C(O)c1coc(C(=O)NCc2ccccc2OCC2CC2)c1. The minimum Gasteiger partial charge on any atom is -0.493 e. The Hall–Kier alpha value is -2.76. The normalized spacial score (nSPS) is 13.6. The number of furan rings is 1.